The Morgan fingerprint density at radius 3 is 2.54 bits per heavy atom. The van der Waals surface area contributed by atoms with Gasteiger partial charge in [0.05, 0.1) is 11.4 Å². The van der Waals surface area contributed by atoms with E-state index in [0.717, 1.165) is 29.5 Å². The first-order valence-corrected chi connectivity index (χ1v) is 9.57. The van der Waals surface area contributed by atoms with Crippen LogP contribution in [-0.2, 0) is 16.8 Å². The van der Waals surface area contributed by atoms with Crippen LogP contribution in [0.2, 0.25) is 0 Å². The minimum absolute atomic E-state index is 0.252. The van der Waals surface area contributed by atoms with Crippen molar-refractivity contribution in [2.45, 2.75) is 45.1 Å². The highest BCUT2D eigenvalue weighted by Gasteiger charge is 2.53. The number of allylic oxidation sites excluding steroid dienone is 1. The summed E-state index contributed by atoms with van der Waals surface area (Å²) in [7, 11) is 0. The smallest absolute Gasteiger partial charge is 0.269 e. The Balaban J connectivity index is 2.07. The maximum absolute atomic E-state index is 13.5. The Labute approximate surface area is 166 Å². The molecule has 1 aliphatic rings. The molecule has 2 unspecified atom stereocenters. The van der Waals surface area contributed by atoms with Crippen LogP contribution in [0.5, 0.6) is 0 Å². The summed E-state index contributed by atoms with van der Waals surface area (Å²) in [5.74, 6) is -0.0603. The molecule has 0 aromatic heterocycles. The second kappa shape index (κ2) is 7.89. The van der Waals surface area contributed by atoms with E-state index in [1.54, 1.807) is 6.92 Å². The van der Waals surface area contributed by atoms with Crippen LogP contribution < -0.4 is 5.01 Å². The molecule has 1 N–H and O–H groups in total. The molecule has 0 aliphatic carbocycles. The van der Waals surface area contributed by atoms with E-state index >= 15 is 0 Å². The highest BCUT2D eigenvalue weighted by Crippen LogP contribution is 2.41. The molecule has 5 nitrogen and oxygen atoms in total. The maximum Gasteiger partial charge on any atom is 0.287 e. The average molecular weight is 374 g/mol. The Kier molecular flexibility index (Phi) is 5.54. The Morgan fingerprint density at radius 2 is 1.93 bits per heavy atom. The van der Waals surface area contributed by atoms with Crippen molar-refractivity contribution in [2.75, 3.05) is 5.01 Å². The average Bonchev–Trinajstić information content (AvgIpc) is 2.99. The van der Waals surface area contributed by atoms with Gasteiger partial charge in [-0.15, -0.1) is 6.58 Å². The van der Waals surface area contributed by atoms with Gasteiger partial charge in [-0.25, -0.2) is 5.53 Å². The number of hydrazone groups is 1. The lowest BCUT2D eigenvalue weighted by molar-refractivity contribution is -0.121. The molecule has 0 saturated heterocycles. The predicted molar refractivity (Wildman–Crippen MR) is 113 cm³/mol. The van der Waals surface area contributed by atoms with Crippen LogP contribution in [0.1, 0.15) is 49.8 Å². The van der Waals surface area contributed by atoms with E-state index in [9.17, 15) is 4.79 Å². The highest BCUT2D eigenvalue weighted by atomic mass is 16.2. The third kappa shape index (κ3) is 3.07. The number of rotatable bonds is 7. The molecule has 3 rings (SSSR count). The lowest BCUT2D eigenvalue weighted by atomic mass is 9.79. The van der Waals surface area contributed by atoms with Crippen LogP contribution in [0.15, 0.2) is 71.4 Å². The molecule has 0 bridgehead atoms. The lowest BCUT2D eigenvalue weighted by Gasteiger charge is -2.27. The largest absolute Gasteiger partial charge is 0.287 e. The lowest BCUT2D eigenvalue weighted by Crippen LogP contribution is -2.42. The molecule has 1 aliphatic heterocycles. The standard InChI is InChI=1S/C23H26N4O/c1-5-9-18-12-14-19(15-13-18)27-22(28)23(26-24,17(4)25-27)21-11-8-7-10-20(21)16(3)6-2/h5,7-8,10-16,24H,1,6,9H2,2-4H3. The number of nitrogens with zero attached hydrogens (tertiary/aromatic N) is 3. The molecular formula is C23H26N4O. The van der Waals surface area contributed by atoms with Crippen molar-refractivity contribution in [1.29, 1.82) is 5.53 Å². The first-order valence-electron chi connectivity index (χ1n) is 9.57. The van der Waals surface area contributed by atoms with Crippen LogP contribution in [0.4, 0.5) is 5.69 Å². The summed E-state index contributed by atoms with van der Waals surface area (Å²) in [6.07, 6.45) is 3.54. The van der Waals surface area contributed by atoms with E-state index in [1.807, 2.05) is 54.6 Å². The van der Waals surface area contributed by atoms with Crippen molar-refractivity contribution >= 4 is 17.3 Å². The van der Waals surface area contributed by atoms with E-state index < -0.39 is 5.54 Å². The number of hydrogen-bond donors (Lipinski definition) is 1. The molecule has 2 atom stereocenters. The van der Waals surface area contributed by atoms with Crippen LogP contribution in [0.3, 0.4) is 0 Å². The Morgan fingerprint density at radius 1 is 1.25 bits per heavy atom. The monoisotopic (exact) mass is 374 g/mol. The van der Waals surface area contributed by atoms with Crippen LogP contribution >= 0.6 is 0 Å². The molecular weight excluding hydrogens is 348 g/mol. The summed E-state index contributed by atoms with van der Waals surface area (Å²) < 4.78 is 0. The van der Waals surface area contributed by atoms with Gasteiger partial charge in [-0.1, -0.05) is 56.3 Å². The zero-order valence-corrected chi connectivity index (χ0v) is 16.6. The molecule has 0 saturated carbocycles. The molecule has 28 heavy (non-hydrogen) atoms. The number of carbonyl (C=O) groups excluding carboxylic acids is 1. The van der Waals surface area contributed by atoms with Gasteiger partial charge in [0.15, 0.2) is 0 Å². The maximum atomic E-state index is 13.5. The molecule has 1 amide bonds. The summed E-state index contributed by atoms with van der Waals surface area (Å²) in [5, 5.41) is 9.75. The molecule has 2 aromatic carbocycles. The third-order valence-corrected chi connectivity index (χ3v) is 5.50. The number of nitrogens with one attached hydrogen (secondary N) is 1. The number of amides is 1. The van der Waals surface area contributed by atoms with E-state index in [-0.39, 0.29) is 11.8 Å². The molecule has 1 heterocycles. The second-order valence-corrected chi connectivity index (χ2v) is 7.18. The van der Waals surface area contributed by atoms with E-state index in [2.05, 4.69) is 30.6 Å². The fraction of sp³-hybridized carbons (Fsp3) is 0.304. The van der Waals surface area contributed by atoms with Gasteiger partial charge in [0.1, 0.15) is 0 Å². The molecule has 144 valence electrons. The highest BCUT2D eigenvalue weighted by molar-refractivity contribution is 6.22. The topological polar surface area (TPSA) is 68.9 Å². The minimum atomic E-state index is -1.40. The SMILES string of the molecule is C=CCc1ccc(N2N=C(C)C(N=N)(c3ccccc3C(C)CC)C2=O)cc1. The van der Waals surface area contributed by atoms with Crippen molar-refractivity contribution in [1.82, 2.24) is 0 Å². The van der Waals surface area contributed by atoms with Crippen LogP contribution in [0, 0.1) is 5.53 Å². The zero-order valence-electron chi connectivity index (χ0n) is 16.6. The fourth-order valence-electron chi connectivity index (χ4n) is 3.67. The van der Waals surface area contributed by atoms with Gasteiger partial charge >= 0.3 is 0 Å². The van der Waals surface area contributed by atoms with Crippen molar-refractivity contribution < 1.29 is 4.79 Å². The van der Waals surface area contributed by atoms with E-state index in [1.165, 1.54) is 5.01 Å². The Hall–Kier alpha value is -3.08. The number of anilines is 1. The summed E-state index contributed by atoms with van der Waals surface area (Å²) >= 11 is 0. The molecule has 0 fully saturated rings. The third-order valence-electron chi connectivity index (χ3n) is 5.50. The minimum Gasteiger partial charge on any atom is -0.269 e. The van der Waals surface area contributed by atoms with Gasteiger partial charge in [0.25, 0.3) is 5.91 Å². The first kappa shape index (κ1) is 19.7. The van der Waals surface area contributed by atoms with Crippen molar-refractivity contribution in [3.8, 4) is 0 Å². The summed E-state index contributed by atoms with van der Waals surface area (Å²) in [6, 6.07) is 15.4. The van der Waals surface area contributed by atoms with Crippen molar-refractivity contribution in [3.05, 3.63) is 77.9 Å². The molecule has 0 spiro atoms. The van der Waals surface area contributed by atoms with Gasteiger partial charge in [-0.3, -0.25) is 4.79 Å². The van der Waals surface area contributed by atoms with Crippen LogP contribution in [-0.4, -0.2) is 11.6 Å². The van der Waals surface area contributed by atoms with Crippen LogP contribution in [0.25, 0.3) is 0 Å². The fourth-order valence-corrected chi connectivity index (χ4v) is 3.67. The van der Waals surface area contributed by atoms with E-state index in [4.69, 9.17) is 5.53 Å². The van der Waals surface area contributed by atoms with Gasteiger partial charge < -0.3 is 0 Å². The van der Waals surface area contributed by atoms with Gasteiger partial charge in [-0.2, -0.15) is 15.2 Å². The summed E-state index contributed by atoms with van der Waals surface area (Å²) in [6.45, 7) is 9.76. The van der Waals surface area contributed by atoms with Gasteiger partial charge in [0, 0.05) is 5.56 Å². The quantitative estimate of drug-likeness (QED) is 0.499. The summed E-state index contributed by atoms with van der Waals surface area (Å²) in [5.41, 5.74) is 10.6. The van der Waals surface area contributed by atoms with E-state index in [0.29, 0.717) is 11.4 Å². The Bertz CT molecular complexity index is 932. The molecule has 2 aromatic rings. The first-order chi connectivity index (χ1) is 13.5. The van der Waals surface area contributed by atoms with Gasteiger partial charge in [-0.05, 0) is 48.9 Å². The predicted octanol–water partition coefficient (Wildman–Crippen LogP) is 5.58. The molecule has 0 radical (unpaired) electrons. The zero-order chi connectivity index (χ0) is 20.3. The van der Waals surface area contributed by atoms with Gasteiger partial charge in [0.2, 0.25) is 5.54 Å². The van der Waals surface area contributed by atoms with Crippen molar-refractivity contribution in [3.63, 3.8) is 0 Å². The normalized spacial score (nSPS) is 20.0. The number of benzene rings is 2. The summed E-state index contributed by atoms with van der Waals surface area (Å²) in [4.78, 5) is 13.5. The number of carbonyl (C=O) groups is 1. The molecule has 5 heteroatoms. The number of hydrogen-bond acceptors (Lipinski definition) is 4. The van der Waals surface area contributed by atoms with Crippen molar-refractivity contribution in [2.24, 2.45) is 10.2 Å². The second-order valence-electron chi connectivity index (χ2n) is 7.18.